The van der Waals surface area contributed by atoms with E-state index >= 15 is 0 Å². The van der Waals surface area contributed by atoms with Crippen molar-refractivity contribution in [2.75, 3.05) is 0 Å². The second-order valence-corrected chi connectivity index (χ2v) is 5.32. The summed E-state index contributed by atoms with van der Waals surface area (Å²) in [5, 5.41) is 6.20. The molecule has 2 heterocycles. The minimum absolute atomic E-state index is 0.0460. The standard InChI is InChI=1S/C16H11F5N4O/c17-9-3-1-8(2-4-9)7-22-16(26)11-6-13-23-10(14(18)19)5-12(15(20)21)25(13)24-11/h1-6,14-15H,7H2,(H,22,26). The summed E-state index contributed by atoms with van der Waals surface area (Å²) in [5.41, 5.74) is -1.55. The Labute approximate surface area is 143 Å². The molecular formula is C16H11F5N4O. The summed E-state index contributed by atoms with van der Waals surface area (Å²) in [6.07, 6.45) is -6.11. The first-order valence-corrected chi connectivity index (χ1v) is 7.34. The second kappa shape index (κ2) is 7.06. The van der Waals surface area contributed by atoms with Crippen LogP contribution in [0.15, 0.2) is 36.4 Å². The molecule has 0 aliphatic carbocycles. The number of alkyl halides is 4. The van der Waals surface area contributed by atoms with Crippen molar-refractivity contribution in [3.8, 4) is 0 Å². The molecular weight excluding hydrogens is 359 g/mol. The van der Waals surface area contributed by atoms with Gasteiger partial charge in [0.1, 0.15) is 17.2 Å². The molecule has 0 unspecified atom stereocenters. The van der Waals surface area contributed by atoms with Gasteiger partial charge in [0.05, 0.1) is 0 Å². The molecule has 1 amide bonds. The molecule has 0 aliphatic heterocycles. The second-order valence-electron chi connectivity index (χ2n) is 5.32. The lowest BCUT2D eigenvalue weighted by Crippen LogP contribution is -2.23. The number of aromatic nitrogens is 3. The lowest BCUT2D eigenvalue weighted by atomic mass is 10.2. The summed E-state index contributed by atoms with van der Waals surface area (Å²) >= 11 is 0. The van der Waals surface area contributed by atoms with Crippen LogP contribution >= 0.6 is 0 Å². The zero-order valence-corrected chi connectivity index (χ0v) is 13.0. The number of nitrogens with one attached hydrogen (secondary N) is 1. The van der Waals surface area contributed by atoms with Gasteiger partial charge in [0.15, 0.2) is 11.3 Å². The first-order valence-electron chi connectivity index (χ1n) is 7.34. The van der Waals surface area contributed by atoms with Crippen molar-refractivity contribution in [3.05, 3.63) is 64.9 Å². The third-order valence-corrected chi connectivity index (χ3v) is 3.52. The fourth-order valence-corrected chi connectivity index (χ4v) is 2.27. The van der Waals surface area contributed by atoms with Gasteiger partial charge in [-0.3, -0.25) is 4.79 Å². The normalized spacial score (nSPS) is 11.5. The van der Waals surface area contributed by atoms with Crippen LogP contribution < -0.4 is 5.32 Å². The summed E-state index contributed by atoms with van der Waals surface area (Å²) in [6.45, 7) is 0.0460. The number of amides is 1. The van der Waals surface area contributed by atoms with Crippen LogP contribution in [0.2, 0.25) is 0 Å². The van der Waals surface area contributed by atoms with Crippen LogP contribution in [-0.4, -0.2) is 20.5 Å². The number of hydrogen-bond acceptors (Lipinski definition) is 3. The minimum Gasteiger partial charge on any atom is -0.347 e. The Morgan fingerprint density at radius 2 is 1.77 bits per heavy atom. The number of benzene rings is 1. The van der Waals surface area contributed by atoms with Crippen LogP contribution in [0.4, 0.5) is 22.0 Å². The third kappa shape index (κ3) is 3.63. The Morgan fingerprint density at radius 1 is 1.08 bits per heavy atom. The SMILES string of the molecule is O=C(NCc1ccc(F)cc1)c1cc2nc(C(F)F)cc(C(F)F)n2n1. The van der Waals surface area contributed by atoms with Gasteiger partial charge in [-0.1, -0.05) is 12.1 Å². The zero-order chi connectivity index (χ0) is 18.8. The fraction of sp³-hybridized carbons (Fsp3) is 0.188. The Hall–Kier alpha value is -3.04. The quantitative estimate of drug-likeness (QED) is 0.697. The summed E-state index contributed by atoms with van der Waals surface area (Å²) in [5.74, 6) is -1.14. The van der Waals surface area contributed by atoms with E-state index in [4.69, 9.17) is 0 Å². The molecule has 5 nitrogen and oxygen atoms in total. The van der Waals surface area contributed by atoms with E-state index in [1.165, 1.54) is 24.3 Å². The first kappa shape index (κ1) is 17.8. The van der Waals surface area contributed by atoms with E-state index in [0.29, 0.717) is 16.1 Å². The van der Waals surface area contributed by atoms with Crippen LogP contribution in [0, 0.1) is 5.82 Å². The summed E-state index contributed by atoms with van der Waals surface area (Å²) < 4.78 is 65.3. The van der Waals surface area contributed by atoms with Gasteiger partial charge in [-0.15, -0.1) is 0 Å². The monoisotopic (exact) mass is 370 g/mol. The summed E-state index contributed by atoms with van der Waals surface area (Å²) in [6, 6.07) is 6.96. The molecule has 0 radical (unpaired) electrons. The maximum absolute atomic E-state index is 13.1. The molecule has 1 N–H and O–H groups in total. The molecule has 0 fully saturated rings. The largest absolute Gasteiger partial charge is 0.347 e. The van der Waals surface area contributed by atoms with Crippen molar-refractivity contribution in [2.24, 2.45) is 0 Å². The van der Waals surface area contributed by atoms with Crippen LogP contribution in [0.25, 0.3) is 5.65 Å². The average molecular weight is 370 g/mol. The van der Waals surface area contributed by atoms with Gasteiger partial charge < -0.3 is 5.32 Å². The fourth-order valence-electron chi connectivity index (χ4n) is 2.27. The lowest BCUT2D eigenvalue weighted by Gasteiger charge is -2.06. The van der Waals surface area contributed by atoms with Gasteiger partial charge in [-0.05, 0) is 23.8 Å². The van der Waals surface area contributed by atoms with Crippen molar-refractivity contribution in [3.63, 3.8) is 0 Å². The minimum atomic E-state index is -3.08. The highest BCUT2D eigenvalue weighted by Crippen LogP contribution is 2.25. The molecule has 0 aliphatic rings. The number of rotatable bonds is 5. The van der Waals surface area contributed by atoms with E-state index in [0.717, 1.165) is 6.07 Å². The Balaban J connectivity index is 1.86. The van der Waals surface area contributed by atoms with Crippen molar-refractivity contribution in [2.45, 2.75) is 19.4 Å². The molecule has 0 bridgehead atoms. The maximum atomic E-state index is 13.1. The van der Waals surface area contributed by atoms with Crippen LogP contribution in [0.5, 0.6) is 0 Å². The van der Waals surface area contributed by atoms with E-state index in [-0.39, 0.29) is 17.9 Å². The average Bonchev–Trinajstić information content (AvgIpc) is 3.04. The number of halogens is 5. The molecule has 1 aromatic carbocycles. The summed E-state index contributed by atoms with van der Waals surface area (Å²) in [7, 11) is 0. The molecule has 3 aromatic rings. The van der Waals surface area contributed by atoms with Crippen molar-refractivity contribution < 1.29 is 26.7 Å². The molecule has 0 saturated carbocycles. The number of carbonyl (C=O) groups is 1. The Bertz CT molecular complexity index is 940. The van der Waals surface area contributed by atoms with Gasteiger partial charge in [0, 0.05) is 12.6 Å². The van der Waals surface area contributed by atoms with Gasteiger partial charge >= 0.3 is 0 Å². The molecule has 136 valence electrons. The number of nitrogens with zero attached hydrogens (tertiary/aromatic N) is 3. The lowest BCUT2D eigenvalue weighted by molar-refractivity contribution is 0.0944. The maximum Gasteiger partial charge on any atom is 0.280 e. The van der Waals surface area contributed by atoms with Crippen LogP contribution in [0.3, 0.4) is 0 Å². The molecule has 3 rings (SSSR count). The van der Waals surface area contributed by atoms with Crippen molar-refractivity contribution in [1.82, 2.24) is 19.9 Å². The highest BCUT2D eigenvalue weighted by Gasteiger charge is 2.21. The van der Waals surface area contributed by atoms with Crippen molar-refractivity contribution in [1.29, 1.82) is 0 Å². The number of hydrogen-bond donors (Lipinski definition) is 1. The van der Waals surface area contributed by atoms with Crippen LogP contribution in [-0.2, 0) is 6.54 Å². The number of carbonyl (C=O) groups excluding carboxylic acids is 1. The highest BCUT2D eigenvalue weighted by atomic mass is 19.3. The molecule has 0 saturated heterocycles. The third-order valence-electron chi connectivity index (χ3n) is 3.52. The van der Waals surface area contributed by atoms with E-state index in [9.17, 15) is 26.7 Å². The molecule has 26 heavy (non-hydrogen) atoms. The predicted molar refractivity (Wildman–Crippen MR) is 80.5 cm³/mol. The van der Waals surface area contributed by atoms with Gasteiger partial charge in [-0.25, -0.2) is 31.5 Å². The van der Waals surface area contributed by atoms with E-state index in [1.54, 1.807) is 0 Å². The van der Waals surface area contributed by atoms with E-state index in [2.05, 4.69) is 15.4 Å². The van der Waals surface area contributed by atoms with Crippen molar-refractivity contribution >= 4 is 11.6 Å². The summed E-state index contributed by atoms with van der Waals surface area (Å²) in [4.78, 5) is 15.7. The Kier molecular flexibility index (Phi) is 4.83. The predicted octanol–water partition coefficient (Wildman–Crippen LogP) is 3.67. The van der Waals surface area contributed by atoms with Gasteiger partial charge in [0.2, 0.25) is 0 Å². The topological polar surface area (TPSA) is 59.3 Å². The number of fused-ring (bicyclic) bond motifs is 1. The molecule has 10 heteroatoms. The van der Waals surface area contributed by atoms with E-state index < -0.39 is 36.0 Å². The van der Waals surface area contributed by atoms with Gasteiger partial charge in [-0.2, -0.15) is 5.10 Å². The smallest absolute Gasteiger partial charge is 0.280 e. The van der Waals surface area contributed by atoms with Crippen LogP contribution in [0.1, 0.15) is 40.3 Å². The molecule has 0 spiro atoms. The van der Waals surface area contributed by atoms with Gasteiger partial charge in [0.25, 0.3) is 18.8 Å². The Morgan fingerprint density at radius 3 is 2.38 bits per heavy atom. The highest BCUT2D eigenvalue weighted by molar-refractivity contribution is 5.93. The molecule has 0 atom stereocenters. The molecule has 2 aromatic heterocycles. The zero-order valence-electron chi connectivity index (χ0n) is 13.0. The van der Waals surface area contributed by atoms with E-state index in [1.807, 2.05) is 0 Å². The first-order chi connectivity index (χ1) is 12.3.